The Morgan fingerprint density at radius 3 is 2.58 bits per heavy atom. The van der Waals surface area contributed by atoms with Crippen molar-refractivity contribution in [3.05, 3.63) is 0 Å². The summed E-state index contributed by atoms with van der Waals surface area (Å²) in [4.78, 5) is 21.2. The molecule has 0 aromatic carbocycles. The molecule has 0 bridgehead atoms. The van der Waals surface area contributed by atoms with Crippen LogP contribution in [0.1, 0.15) is 13.3 Å². The summed E-state index contributed by atoms with van der Waals surface area (Å²) in [6, 6.07) is 1.62. The van der Waals surface area contributed by atoms with E-state index < -0.39 is 17.8 Å². The fraction of sp³-hybridized carbons (Fsp3) is 0.571. The van der Waals surface area contributed by atoms with Gasteiger partial charge in [0.2, 0.25) is 5.91 Å². The first-order valence-electron chi connectivity index (χ1n) is 3.46. The van der Waals surface area contributed by atoms with Crippen LogP contribution in [0.4, 0.5) is 0 Å². The monoisotopic (exact) mass is 170 g/mol. The van der Waals surface area contributed by atoms with Gasteiger partial charge in [0, 0.05) is 0 Å². The first-order valence-corrected chi connectivity index (χ1v) is 3.46. The van der Waals surface area contributed by atoms with Gasteiger partial charge < -0.3 is 10.5 Å². The lowest BCUT2D eigenvalue weighted by atomic mass is 10.1. The van der Waals surface area contributed by atoms with Crippen LogP contribution >= 0.6 is 0 Å². The number of ether oxygens (including phenoxy) is 1. The molecule has 0 aromatic rings. The number of hydrogen-bond donors (Lipinski definition) is 1. The number of nitrogens with two attached hydrogens (primary N) is 1. The molecule has 1 atom stereocenters. The van der Waals surface area contributed by atoms with Crippen molar-refractivity contribution < 1.29 is 14.3 Å². The molecule has 0 radical (unpaired) electrons. The molecule has 0 saturated heterocycles. The van der Waals surface area contributed by atoms with Gasteiger partial charge in [-0.1, -0.05) is 0 Å². The molecule has 0 spiro atoms. The molecule has 0 aliphatic rings. The van der Waals surface area contributed by atoms with Gasteiger partial charge in [0.15, 0.2) is 0 Å². The molecule has 5 nitrogen and oxygen atoms in total. The Labute approximate surface area is 70.1 Å². The third kappa shape index (κ3) is 3.56. The molecule has 5 heteroatoms. The van der Waals surface area contributed by atoms with E-state index in [1.54, 1.807) is 13.0 Å². The second kappa shape index (κ2) is 5.13. The molecule has 2 N–H and O–H groups in total. The van der Waals surface area contributed by atoms with Gasteiger partial charge in [0.05, 0.1) is 19.1 Å². The summed E-state index contributed by atoms with van der Waals surface area (Å²) in [5, 5.41) is 8.35. The average Bonchev–Trinajstić information content (AvgIpc) is 2.00. The Balaban J connectivity index is 3.97. The lowest BCUT2D eigenvalue weighted by molar-refractivity contribution is -0.145. The van der Waals surface area contributed by atoms with Crippen molar-refractivity contribution in [2.45, 2.75) is 13.3 Å². The van der Waals surface area contributed by atoms with E-state index in [1.807, 2.05) is 0 Å². The summed E-state index contributed by atoms with van der Waals surface area (Å²) < 4.78 is 4.53. The number of nitrogens with zero attached hydrogens (tertiary/aromatic N) is 1. The van der Waals surface area contributed by atoms with Gasteiger partial charge in [-0.05, 0) is 6.92 Å². The van der Waals surface area contributed by atoms with Crippen molar-refractivity contribution in [3.8, 4) is 6.07 Å². The second-order valence-electron chi connectivity index (χ2n) is 2.09. The van der Waals surface area contributed by atoms with Gasteiger partial charge in [-0.25, -0.2) is 0 Å². The maximum absolute atomic E-state index is 10.7. The molecule has 0 fully saturated rings. The molecule has 0 saturated carbocycles. The van der Waals surface area contributed by atoms with Gasteiger partial charge in [-0.15, -0.1) is 0 Å². The highest BCUT2D eigenvalue weighted by Gasteiger charge is 2.19. The maximum atomic E-state index is 10.7. The van der Waals surface area contributed by atoms with E-state index in [0.717, 1.165) is 0 Å². The van der Waals surface area contributed by atoms with Crippen LogP contribution < -0.4 is 5.73 Å². The molecule has 1 unspecified atom stereocenters. The lowest BCUT2D eigenvalue weighted by Gasteiger charge is -2.03. The zero-order valence-electron chi connectivity index (χ0n) is 6.74. The van der Waals surface area contributed by atoms with Crippen molar-refractivity contribution in [1.29, 1.82) is 5.26 Å². The zero-order valence-corrected chi connectivity index (χ0v) is 6.74. The molecular formula is C7H10N2O3. The number of rotatable bonds is 4. The van der Waals surface area contributed by atoms with E-state index in [4.69, 9.17) is 11.0 Å². The minimum Gasteiger partial charge on any atom is -0.466 e. The number of carbonyl (C=O) groups excluding carboxylic acids is 2. The van der Waals surface area contributed by atoms with E-state index in [-0.39, 0.29) is 13.0 Å². The first kappa shape index (κ1) is 10.4. The van der Waals surface area contributed by atoms with Gasteiger partial charge >= 0.3 is 5.97 Å². The molecular weight excluding hydrogens is 160 g/mol. The highest BCUT2D eigenvalue weighted by atomic mass is 16.5. The van der Waals surface area contributed by atoms with Crippen LogP contribution in [0, 0.1) is 17.2 Å². The normalized spacial score (nSPS) is 11.3. The number of nitriles is 1. The fourth-order valence-corrected chi connectivity index (χ4v) is 0.596. The largest absolute Gasteiger partial charge is 0.466 e. The molecule has 0 aromatic heterocycles. The van der Waals surface area contributed by atoms with Gasteiger partial charge in [0.1, 0.15) is 5.92 Å². The summed E-state index contributed by atoms with van der Waals surface area (Å²) in [6.07, 6.45) is -0.264. The summed E-state index contributed by atoms with van der Waals surface area (Å²) in [6.45, 7) is 1.87. The predicted octanol–water partition coefficient (Wildman–Crippen LogP) is -0.435. The summed E-state index contributed by atoms with van der Waals surface area (Å²) in [5.74, 6) is -2.46. The third-order valence-electron chi connectivity index (χ3n) is 1.18. The molecule has 0 rings (SSSR count). The maximum Gasteiger partial charge on any atom is 0.307 e. The predicted molar refractivity (Wildman–Crippen MR) is 39.5 cm³/mol. The zero-order chi connectivity index (χ0) is 9.56. The number of hydrogen-bond acceptors (Lipinski definition) is 4. The average molecular weight is 170 g/mol. The molecule has 12 heavy (non-hydrogen) atoms. The molecule has 0 heterocycles. The molecule has 1 amide bonds. The minimum absolute atomic E-state index is 0.232. The van der Waals surface area contributed by atoms with Crippen molar-refractivity contribution in [2.75, 3.05) is 6.61 Å². The Bertz CT molecular complexity index is 219. The SMILES string of the molecule is CCOC(=O)CC(C#N)C(N)=O. The fourth-order valence-electron chi connectivity index (χ4n) is 0.596. The Morgan fingerprint density at radius 1 is 1.67 bits per heavy atom. The summed E-state index contributed by atoms with van der Waals surface area (Å²) >= 11 is 0. The molecule has 66 valence electrons. The van der Waals surface area contributed by atoms with Crippen LogP contribution in [0.15, 0.2) is 0 Å². The summed E-state index contributed by atoms with van der Waals surface area (Å²) in [5.41, 5.74) is 4.82. The van der Waals surface area contributed by atoms with Crippen LogP contribution in [0.5, 0.6) is 0 Å². The number of esters is 1. The number of carbonyl (C=O) groups is 2. The standard InChI is InChI=1S/C7H10N2O3/c1-2-12-6(10)3-5(4-8)7(9)11/h5H,2-3H2,1H3,(H2,9,11). The van der Waals surface area contributed by atoms with Crippen molar-refractivity contribution in [3.63, 3.8) is 0 Å². The van der Waals surface area contributed by atoms with E-state index in [1.165, 1.54) is 0 Å². The van der Waals surface area contributed by atoms with Crippen LogP contribution in [-0.2, 0) is 14.3 Å². The van der Waals surface area contributed by atoms with Crippen molar-refractivity contribution >= 4 is 11.9 Å². The first-order chi connectivity index (χ1) is 5.61. The van der Waals surface area contributed by atoms with Crippen LogP contribution in [0.3, 0.4) is 0 Å². The minimum atomic E-state index is -1.08. The van der Waals surface area contributed by atoms with Gasteiger partial charge in [0.25, 0.3) is 0 Å². The third-order valence-corrected chi connectivity index (χ3v) is 1.18. The highest BCUT2D eigenvalue weighted by Crippen LogP contribution is 2.01. The molecule has 0 aliphatic heterocycles. The topological polar surface area (TPSA) is 93.2 Å². The van der Waals surface area contributed by atoms with E-state index in [0.29, 0.717) is 0 Å². The Morgan fingerprint density at radius 2 is 2.25 bits per heavy atom. The number of amides is 1. The Kier molecular flexibility index (Phi) is 4.46. The Hall–Kier alpha value is -1.57. The van der Waals surface area contributed by atoms with Gasteiger partial charge in [-0.3, -0.25) is 9.59 Å². The smallest absolute Gasteiger partial charge is 0.307 e. The van der Waals surface area contributed by atoms with Crippen molar-refractivity contribution in [2.24, 2.45) is 11.7 Å². The van der Waals surface area contributed by atoms with Crippen LogP contribution in [0.2, 0.25) is 0 Å². The molecule has 0 aliphatic carbocycles. The quantitative estimate of drug-likeness (QED) is 0.579. The van der Waals surface area contributed by atoms with E-state index >= 15 is 0 Å². The number of primary amides is 1. The van der Waals surface area contributed by atoms with Gasteiger partial charge in [-0.2, -0.15) is 5.26 Å². The van der Waals surface area contributed by atoms with Crippen LogP contribution in [0.25, 0.3) is 0 Å². The van der Waals surface area contributed by atoms with E-state index in [2.05, 4.69) is 4.74 Å². The summed E-state index contributed by atoms with van der Waals surface area (Å²) in [7, 11) is 0. The highest BCUT2D eigenvalue weighted by molar-refractivity contribution is 5.84. The second-order valence-corrected chi connectivity index (χ2v) is 2.09. The lowest BCUT2D eigenvalue weighted by Crippen LogP contribution is -2.25. The van der Waals surface area contributed by atoms with Crippen molar-refractivity contribution in [1.82, 2.24) is 0 Å². The van der Waals surface area contributed by atoms with E-state index in [9.17, 15) is 9.59 Å². The van der Waals surface area contributed by atoms with Crippen LogP contribution in [-0.4, -0.2) is 18.5 Å².